The van der Waals surface area contributed by atoms with Crippen LogP contribution in [0.5, 0.6) is 17.2 Å². The van der Waals surface area contributed by atoms with E-state index in [0.717, 1.165) is 12.1 Å². The fourth-order valence-corrected chi connectivity index (χ4v) is 5.60. The van der Waals surface area contributed by atoms with Gasteiger partial charge < -0.3 is 30.2 Å². The minimum absolute atomic E-state index is 0.0304. The van der Waals surface area contributed by atoms with E-state index in [1.54, 1.807) is 73.7 Å². The van der Waals surface area contributed by atoms with Gasteiger partial charge in [-0.3, -0.25) is 14.4 Å². The van der Waals surface area contributed by atoms with Crippen LogP contribution in [0.4, 0.5) is 24.5 Å². The number of hydrogen-bond acceptors (Lipinski definition) is 7. The quantitative estimate of drug-likeness (QED) is 0.0974. The molecule has 0 aliphatic heterocycles. The molecule has 0 fully saturated rings. The van der Waals surface area contributed by atoms with Crippen LogP contribution in [0.1, 0.15) is 34.8 Å². The van der Waals surface area contributed by atoms with E-state index in [1.807, 2.05) is 0 Å². The summed E-state index contributed by atoms with van der Waals surface area (Å²) in [5.41, 5.74) is 0.162. The summed E-state index contributed by atoms with van der Waals surface area (Å²) in [6.45, 7) is 1.78. The molecule has 1 unspecified atom stereocenters. The first-order valence-electron chi connectivity index (χ1n) is 14.9. The molecule has 0 aliphatic rings. The molecule has 49 heavy (non-hydrogen) atoms. The van der Waals surface area contributed by atoms with E-state index in [2.05, 4.69) is 16.0 Å². The minimum Gasteiger partial charge on any atom is -0.496 e. The van der Waals surface area contributed by atoms with Gasteiger partial charge in [0, 0.05) is 33.5 Å². The molecule has 256 valence electrons. The van der Waals surface area contributed by atoms with Gasteiger partial charge in [-0.25, -0.2) is 0 Å². The maximum absolute atomic E-state index is 13.7. The van der Waals surface area contributed by atoms with Crippen LogP contribution >= 0.6 is 11.8 Å². The topological polar surface area (TPSA) is 115 Å². The molecule has 3 amide bonds. The molecule has 13 heteroatoms. The zero-order valence-electron chi connectivity index (χ0n) is 27.0. The maximum atomic E-state index is 13.7. The Kier molecular flexibility index (Phi) is 12.3. The van der Waals surface area contributed by atoms with Crippen molar-refractivity contribution in [2.24, 2.45) is 0 Å². The Labute approximate surface area is 285 Å². The predicted octanol–water partition coefficient (Wildman–Crippen LogP) is 7.65. The van der Waals surface area contributed by atoms with E-state index in [-0.39, 0.29) is 11.4 Å². The molecule has 4 rings (SSSR count). The Balaban J connectivity index is 1.58. The third kappa shape index (κ3) is 9.80. The lowest BCUT2D eigenvalue weighted by Gasteiger charge is -2.17. The van der Waals surface area contributed by atoms with Gasteiger partial charge in [-0.05, 0) is 67.1 Å². The number of halogens is 3. The van der Waals surface area contributed by atoms with Gasteiger partial charge in [0.1, 0.15) is 11.4 Å². The highest BCUT2D eigenvalue weighted by Gasteiger charge is 2.31. The number of carbonyl (C=O) groups excluding carboxylic acids is 3. The Morgan fingerprint density at radius 3 is 2.04 bits per heavy atom. The summed E-state index contributed by atoms with van der Waals surface area (Å²) < 4.78 is 55.7. The molecule has 4 aromatic rings. The first-order valence-corrected chi connectivity index (χ1v) is 15.8. The highest BCUT2D eigenvalue weighted by molar-refractivity contribution is 8.00. The molecule has 0 spiro atoms. The molecule has 1 atom stereocenters. The lowest BCUT2D eigenvalue weighted by Crippen LogP contribution is -2.30. The van der Waals surface area contributed by atoms with E-state index >= 15 is 0 Å². The van der Waals surface area contributed by atoms with E-state index in [4.69, 9.17) is 14.2 Å². The van der Waals surface area contributed by atoms with Crippen molar-refractivity contribution in [1.82, 2.24) is 5.32 Å². The first-order chi connectivity index (χ1) is 23.4. The van der Waals surface area contributed by atoms with Crippen LogP contribution in [0, 0.1) is 0 Å². The van der Waals surface area contributed by atoms with Crippen molar-refractivity contribution in [3.63, 3.8) is 0 Å². The molecule has 0 saturated heterocycles. The second-order valence-corrected chi connectivity index (χ2v) is 11.7. The number of methoxy groups -OCH3 is 3. The number of hydrogen-bond donors (Lipinski definition) is 3. The summed E-state index contributed by atoms with van der Waals surface area (Å²) >= 11 is 1.19. The van der Waals surface area contributed by atoms with Gasteiger partial charge in [-0.1, -0.05) is 37.3 Å². The number of amides is 3. The lowest BCUT2D eigenvalue weighted by atomic mass is 10.1. The number of anilines is 2. The lowest BCUT2D eigenvalue weighted by molar-refractivity contribution is -0.137. The molecule has 0 bridgehead atoms. The van der Waals surface area contributed by atoms with Crippen LogP contribution in [-0.4, -0.2) is 44.3 Å². The van der Waals surface area contributed by atoms with Crippen molar-refractivity contribution in [2.75, 3.05) is 32.0 Å². The average Bonchev–Trinajstić information content (AvgIpc) is 3.10. The van der Waals surface area contributed by atoms with Crippen LogP contribution in [-0.2, 0) is 15.8 Å². The zero-order valence-corrected chi connectivity index (χ0v) is 27.8. The Morgan fingerprint density at radius 2 is 1.41 bits per heavy atom. The predicted molar refractivity (Wildman–Crippen MR) is 183 cm³/mol. The average molecular weight is 694 g/mol. The van der Waals surface area contributed by atoms with Crippen molar-refractivity contribution in [1.29, 1.82) is 0 Å². The fourth-order valence-electron chi connectivity index (χ4n) is 4.59. The summed E-state index contributed by atoms with van der Waals surface area (Å²) in [6, 6.07) is 22.7. The smallest absolute Gasteiger partial charge is 0.416 e. The maximum Gasteiger partial charge on any atom is 0.416 e. The van der Waals surface area contributed by atoms with Crippen molar-refractivity contribution in [2.45, 2.75) is 29.7 Å². The minimum atomic E-state index is -4.54. The number of rotatable bonds is 13. The van der Waals surface area contributed by atoms with Crippen molar-refractivity contribution in [3.8, 4) is 17.2 Å². The number of carbonyl (C=O) groups is 3. The van der Waals surface area contributed by atoms with E-state index in [0.29, 0.717) is 45.4 Å². The van der Waals surface area contributed by atoms with Gasteiger partial charge in [-0.15, -0.1) is 11.8 Å². The van der Waals surface area contributed by atoms with Gasteiger partial charge in [0.25, 0.3) is 11.8 Å². The number of benzene rings is 4. The number of thioether (sulfide) groups is 1. The van der Waals surface area contributed by atoms with Gasteiger partial charge in [0.2, 0.25) is 5.91 Å². The third-order valence-corrected chi connectivity index (χ3v) is 8.41. The summed E-state index contributed by atoms with van der Waals surface area (Å²) in [7, 11) is 4.39. The van der Waals surface area contributed by atoms with Crippen molar-refractivity contribution in [3.05, 3.63) is 113 Å². The summed E-state index contributed by atoms with van der Waals surface area (Å²) in [5, 5.41) is 7.38. The molecule has 0 saturated carbocycles. The first kappa shape index (κ1) is 36.4. The van der Waals surface area contributed by atoms with Gasteiger partial charge in [0.15, 0.2) is 11.5 Å². The Morgan fingerprint density at radius 1 is 0.776 bits per heavy atom. The Hall–Kier alpha value is -5.43. The molecule has 0 aromatic heterocycles. The van der Waals surface area contributed by atoms with E-state index in [1.165, 1.54) is 51.3 Å². The molecule has 9 nitrogen and oxygen atoms in total. The van der Waals surface area contributed by atoms with Crippen molar-refractivity contribution < 1.29 is 41.8 Å². The molecule has 4 aromatic carbocycles. The van der Waals surface area contributed by atoms with E-state index in [9.17, 15) is 27.6 Å². The van der Waals surface area contributed by atoms with Gasteiger partial charge >= 0.3 is 6.18 Å². The highest BCUT2D eigenvalue weighted by Crippen LogP contribution is 2.36. The van der Waals surface area contributed by atoms with Gasteiger partial charge in [0.05, 0.1) is 32.1 Å². The molecule has 0 radical (unpaired) electrons. The fraction of sp³-hybridized carbons (Fsp3) is 0.194. The second-order valence-electron chi connectivity index (χ2n) is 10.4. The third-order valence-electron chi connectivity index (χ3n) is 7.06. The van der Waals surface area contributed by atoms with Gasteiger partial charge in [-0.2, -0.15) is 13.2 Å². The van der Waals surface area contributed by atoms with Crippen molar-refractivity contribution >= 4 is 46.9 Å². The number of alkyl halides is 3. The molecule has 0 aliphatic carbocycles. The summed E-state index contributed by atoms with van der Waals surface area (Å²) in [4.78, 5) is 40.5. The Bertz CT molecular complexity index is 1830. The second kappa shape index (κ2) is 16.6. The molecule has 3 N–H and O–H groups in total. The summed E-state index contributed by atoms with van der Waals surface area (Å²) in [5.74, 6) is -0.528. The standard InChI is InChI=1S/C36H34F3N3O6S/c1-5-32(35(45)41-25-14-9-13-24(19-25)36(37,38)39)49-27-16-10-15-26(20-27)40-34(44)28(42-33(43)22-11-7-6-8-12-22)17-23-18-30(47-3)31(48-4)21-29(23)46-2/h6-21,32H,5H2,1-4H3,(H,40,44)(H,41,45)(H,42,43)/b28-17+. The van der Waals surface area contributed by atoms with Crippen LogP contribution in [0.3, 0.4) is 0 Å². The molecular weight excluding hydrogens is 659 g/mol. The SMILES string of the molecule is CCC(Sc1cccc(NC(=O)/C(=C\c2cc(OC)c(OC)cc2OC)NC(=O)c2ccccc2)c1)C(=O)Nc1cccc(C(F)(F)F)c1. The monoisotopic (exact) mass is 693 g/mol. The van der Waals surface area contributed by atoms with Crippen LogP contribution in [0.25, 0.3) is 6.08 Å². The molecule has 0 heterocycles. The highest BCUT2D eigenvalue weighted by atomic mass is 32.2. The summed E-state index contributed by atoms with van der Waals surface area (Å²) in [6.07, 6.45) is -2.73. The largest absolute Gasteiger partial charge is 0.496 e. The molecular formula is C36H34F3N3O6S. The number of nitrogens with one attached hydrogen (secondary N) is 3. The zero-order chi connectivity index (χ0) is 35.6. The van der Waals surface area contributed by atoms with Crippen LogP contribution < -0.4 is 30.2 Å². The van der Waals surface area contributed by atoms with Crippen LogP contribution in [0.2, 0.25) is 0 Å². The van der Waals surface area contributed by atoms with E-state index < -0.39 is 34.7 Å². The normalized spacial score (nSPS) is 12.0. The van der Waals surface area contributed by atoms with Crippen LogP contribution in [0.15, 0.2) is 102 Å². The number of ether oxygens (including phenoxy) is 3.